The fourth-order valence-corrected chi connectivity index (χ4v) is 4.11. The maximum absolute atomic E-state index is 12.8. The van der Waals surface area contributed by atoms with Crippen molar-refractivity contribution in [3.63, 3.8) is 0 Å². The smallest absolute Gasteiger partial charge is 0.324 e. The molecule has 0 bridgehead atoms. The monoisotopic (exact) mass is 371 g/mol. The molecule has 1 fully saturated rings. The number of rotatable bonds is 4. The third-order valence-corrected chi connectivity index (χ3v) is 5.62. The second kappa shape index (κ2) is 6.57. The standard InChI is InChI=1S/C19H21N3O3S/c1-11-8-12(2)16(13(3)9-11)20-15(23)10-22-17(24)19(4,21-18(22)25)14-6-5-7-26-14/h5-9H,10H2,1-4H3,(H,20,23)(H,21,25). The van der Waals surface area contributed by atoms with E-state index in [-0.39, 0.29) is 6.54 Å². The number of carbonyl (C=O) groups excluding carboxylic acids is 3. The van der Waals surface area contributed by atoms with E-state index in [2.05, 4.69) is 10.6 Å². The van der Waals surface area contributed by atoms with Gasteiger partial charge in [-0.15, -0.1) is 11.3 Å². The Morgan fingerprint density at radius 1 is 1.23 bits per heavy atom. The van der Waals surface area contributed by atoms with E-state index in [0.29, 0.717) is 5.69 Å². The van der Waals surface area contributed by atoms with Gasteiger partial charge in [0.25, 0.3) is 5.91 Å². The molecule has 1 saturated heterocycles. The van der Waals surface area contributed by atoms with Crippen LogP contribution in [0.3, 0.4) is 0 Å². The van der Waals surface area contributed by atoms with Crippen LogP contribution in [-0.4, -0.2) is 29.3 Å². The molecule has 4 amide bonds. The van der Waals surface area contributed by atoms with Crippen LogP contribution in [0.5, 0.6) is 0 Å². The zero-order valence-electron chi connectivity index (χ0n) is 15.2. The zero-order valence-corrected chi connectivity index (χ0v) is 16.0. The van der Waals surface area contributed by atoms with Crippen LogP contribution in [0.15, 0.2) is 29.6 Å². The van der Waals surface area contributed by atoms with Gasteiger partial charge in [0.1, 0.15) is 6.54 Å². The number of benzene rings is 1. The second-order valence-electron chi connectivity index (χ2n) is 6.75. The van der Waals surface area contributed by atoms with E-state index in [9.17, 15) is 14.4 Å². The number of nitrogens with one attached hydrogen (secondary N) is 2. The second-order valence-corrected chi connectivity index (χ2v) is 7.69. The Bertz CT molecular complexity index is 868. The molecule has 0 saturated carbocycles. The number of nitrogens with zero attached hydrogens (tertiary/aromatic N) is 1. The first-order valence-corrected chi connectivity index (χ1v) is 9.16. The highest BCUT2D eigenvalue weighted by atomic mass is 32.1. The number of thiophene rings is 1. The van der Waals surface area contributed by atoms with Crippen molar-refractivity contribution in [3.8, 4) is 0 Å². The first kappa shape index (κ1) is 18.1. The Hall–Kier alpha value is -2.67. The van der Waals surface area contributed by atoms with Crippen molar-refractivity contribution in [1.29, 1.82) is 0 Å². The quantitative estimate of drug-likeness (QED) is 0.811. The molecule has 7 heteroatoms. The van der Waals surface area contributed by atoms with Gasteiger partial charge in [-0.05, 0) is 50.3 Å². The van der Waals surface area contributed by atoms with Gasteiger partial charge in [0.2, 0.25) is 5.91 Å². The van der Waals surface area contributed by atoms with Crippen LogP contribution in [0.2, 0.25) is 0 Å². The molecule has 1 aromatic carbocycles. The topological polar surface area (TPSA) is 78.5 Å². The van der Waals surface area contributed by atoms with Crippen LogP contribution < -0.4 is 10.6 Å². The summed E-state index contributed by atoms with van der Waals surface area (Å²) < 4.78 is 0. The van der Waals surface area contributed by atoms with Gasteiger partial charge in [-0.25, -0.2) is 4.79 Å². The molecule has 1 aromatic heterocycles. The lowest BCUT2D eigenvalue weighted by Gasteiger charge is -2.20. The minimum absolute atomic E-state index is 0.321. The van der Waals surface area contributed by atoms with Crippen LogP contribution in [-0.2, 0) is 15.1 Å². The maximum Gasteiger partial charge on any atom is 0.325 e. The van der Waals surface area contributed by atoms with E-state index < -0.39 is 23.4 Å². The van der Waals surface area contributed by atoms with E-state index in [1.54, 1.807) is 13.0 Å². The number of hydrogen-bond donors (Lipinski definition) is 2. The number of anilines is 1. The molecular formula is C19H21N3O3S. The summed E-state index contributed by atoms with van der Waals surface area (Å²) in [4.78, 5) is 39.2. The summed E-state index contributed by atoms with van der Waals surface area (Å²) in [6.07, 6.45) is 0. The highest BCUT2D eigenvalue weighted by Gasteiger charge is 2.50. The van der Waals surface area contributed by atoms with Gasteiger partial charge in [0, 0.05) is 10.6 Å². The van der Waals surface area contributed by atoms with Crippen molar-refractivity contribution in [1.82, 2.24) is 10.2 Å². The largest absolute Gasteiger partial charge is 0.325 e. The molecule has 3 rings (SSSR count). The first-order valence-electron chi connectivity index (χ1n) is 8.28. The highest BCUT2D eigenvalue weighted by molar-refractivity contribution is 7.10. The third kappa shape index (κ3) is 3.10. The average molecular weight is 371 g/mol. The lowest BCUT2D eigenvalue weighted by molar-refractivity contribution is -0.133. The van der Waals surface area contributed by atoms with Gasteiger partial charge < -0.3 is 10.6 Å². The molecule has 0 radical (unpaired) electrons. The number of aryl methyl sites for hydroxylation is 3. The summed E-state index contributed by atoms with van der Waals surface area (Å²) in [6, 6.07) is 7.02. The van der Waals surface area contributed by atoms with Gasteiger partial charge in [-0.2, -0.15) is 0 Å². The van der Waals surface area contributed by atoms with Gasteiger partial charge in [-0.3, -0.25) is 14.5 Å². The van der Waals surface area contributed by atoms with Gasteiger partial charge in [0.15, 0.2) is 5.54 Å². The zero-order chi connectivity index (χ0) is 19.1. The summed E-state index contributed by atoms with van der Waals surface area (Å²) in [6.45, 7) is 7.16. The molecule has 1 aliphatic rings. The Balaban J connectivity index is 1.76. The van der Waals surface area contributed by atoms with E-state index in [1.807, 2.05) is 44.4 Å². The van der Waals surface area contributed by atoms with E-state index in [0.717, 1.165) is 26.5 Å². The molecular weight excluding hydrogens is 350 g/mol. The summed E-state index contributed by atoms with van der Waals surface area (Å²) in [5.74, 6) is -0.823. The van der Waals surface area contributed by atoms with E-state index >= 15 is 0 Å². The van der Waals surface area contributed by atoms with Crippen molar-refractivity contribution in [2.24, 2.45) is 0 Å². The summed E-state index contributed by atoms with van der Waals surface area (Å²) in [7, 11) is 0. The van der Waals surface area contributed by atoms with E-state index in [1.165, 1.54) is 11.3 Å². The summed E-state index contributed by atoms with van der Waals surface area (Å²) in [5, 5.41) is 7.37. The molecule has 2 N–H and O–H groups in total. The van der Waals surface area contributed by atoms with E-state index in [4.69, 9.17) is 0 Å². The normalized spacial score (nSPS) is 19.6. The number of amides is 4. The highest BCUT2D eigenvalue weighted by Crippen LogP contribution is 2.31. The molecule has 2 aromatic rings. The SMILES string of the molecule is Cc1cc(C)c(NC(=O)CN2C(=O)NC(C)(c3cccs3)C2=O)c(C)c1. The Labute approximate surface area is 156 Å². The Morgan fingerprint density at radius 3 is 2.46 bits per heavy atom. The lowest BCUT2D eigenvalue weighted by atomic mass is 10.0. The molecule has 0 aliphatic carbocycles. The van der Waals surface area contributed by atoms with Crippen LogP contribution in [0.4, 0.5) is 10.5 Å². The predicted molar refractivity (Wildman–Crippen MR) is 101 cm³/mol. The van der Waals surface area contributed by atoms with Crippen molar-refractivity contribution < 1.29 is 14.4 Å². The lowest BCUT2D eigenvalue weighted by Crippen LogP contribution is -2.41. The predicted octanol–water partition coefficient (Wildman–Crippen LogP) is 3.08. The average Bonchev–Trinajstić information content (AvgIpc) is 3.16. The minimum atomic E-state index is -1.12. The Kier molecular flexibility index (Phi) is 4.58. The molecule has 136 valence electrons. The third-order valence-electron chi connectivity index (χ3n) is 4.53. The molecule has 26 heavy (non-hydrogen) atoms. The van der Waals surface area contributed by atoms with Gasteiger partial charge in [-0.1, -0.05) is 23.8 Å². The van der Waals surface area contributed by atoms with Crippen LogP contribution in [0.1, 0.15) is 28.5 Å². The number of hydrogen-bond acceptors (Lipinski definition) is 4. The fraction of sp³-hybridized carbons (Fsp3) is 0.316. The molecule has 6 nitrogen and oxygen atoms in total. The maximum atomic E-state index is 12.8. The number of urea groups is 1. The summed E-state index contributed by atoms with van der Waals surface area (Å²) in [5.41, 5.74) is 2.58. The van der Waals surface area contributed by atoms with Crippen molar-refractivity contribution in [3.05, 3.63) is 51.2 Å². The Morgan fingerprint density at radius 2 is 1.88 bits per heavy atom. The molecule has 1 aliphatic heterocycles. The van der Waals surface area contributed by atoms with Gasteiger partial charge >= 0.3 is 6.03 Å². The molecule has 0 spiro atoms. The molecule has 2 heterocycles. The number of carbonyl (C=O) groups is 3. The van der Waals surface area contributed by atoms with Crippen molar-refractivity contribution in [2.75, 3.05) is 11.9 Å². The van der Waals surface area contributed by atoms with Crippen LogP contribution in [0.25, 0.3) is 0 Å². The summed E-state index contributed by atoms with van der Waals surface area (Å²) >= 11 is 1.39. The minimum Gasteiger partial charge on any atom is -0.324 e. The molecule has 1 unspecified atom stereocenters. The van der Waals surface area contributed by atoms with Crippen LogP contribution >= 0.6 is 11.3 Å². The van der Waals surface area contributed by atoms with Crippen LogP contribution in [0, 0.1) is 20.8 Å². The van der Waals surface area contributed by atoms with Crippen molar-refractivity contribution in [2.45, 2.75) is 33.2 Å². The van der Waals surface area contributed by atoms with Crippen molar-refractivity contribution >= 4 is 34.9 Å². The molecule has 1 atom stereocenters. The first-order chi connectivity index (χ1) is 12.2. The van der Waals surface area contributed by atoms with Gasteiger partial charge in [0.05, 0.1) is 0 Å². The number of imide groups is 1. The fourth-order valence-electron chi connectivity index (χ4n) is 3.27.